The molecule has 1 amide bonds. The van der Waals surface area contributed by atoms with Crippen LogP contribution in [0.4, 0.5) is 4.39 Å². The Hall–Kier alpha value is -3.84. The predicted molar refractivity (Wildman–Crippen MR) is 196 cm³/mol. The Labute approximate surface area is 316 Å². The molecule has 0 bridgehead atoms. The van der Waals surface area contributed by atoms with Crippen molar-refractivity contribution in [1.82, 2.24) is 24.0 Å². The molecule has 3 aromatic rings. The summed E-state index contributed by atoms with van der Waals surface area (Å²) in [6, 6.07) is 8.26. The summed E-state index contributed by atoms with van der Waals surface area (Å²) in [5, 5.41) is 0. The number of halogens is 1. The van der Waals surface area contributed by atoms with Crippen molar-refractivity contribution in [3.63, 3.8) is 0 Å². The van der Waals surface area contributed by atoms with Gasteiger partial charge in [-0.1, -0.05) is 32.0 Å². The number of aromatic nitrogens is 4. The van der Waals surface area contributed by atoms with Gasteiger partial charge < -0.3 is 27.9 Å². The van der Waals surface area contributed by atoms with E-state index in [-0.39, 0.29) is 23.8 Å². The Bertz CT molecular complexity index is 2180. The van der Waals surface area contributed by atoms with Gasteiger partial charge in [-0.3, -0.25) is 33.5 Å². The fraction of sp³-hybridized carbons (Fsp3) is 0.571. The number of aryl methyl sites for hydroxylation is 1. The molecule has 2 aromatic heterocycles. The summed E-state index contributed by atoms with van der Waals surface area (Å²) in [6.07, 6.45) is -3.19. The third kappa shape index (κ3) is 9.09. The van der Waals surface area contributed by atoms with E-state index in [1.807, 2.05) is 6.92 Å². The molecule has 0 saturated carbocycles. The van der Waals surface area contributed by atoms with Crippen LogP contribution >= 0.6 is 8.60 Å². The molecule has 20 heteroatoms. The number of benzene rings is 1. The highest BCUT2D eigenvalue weighted by atomic mass is 32.2. The van der Waals surface area contributed by atoms with Gasteiger partial charge in [0.15, 0.2) is 22.2 Å². The molecule has 2 unspecified atom stereocenters. The van der Waals surface area contributed by atoms with Gasteiger partial charge in [0.2, 0.25) is 5.91 Å². The van der Waals surface area contributed by atoms with Crippen LogP contribution in [0.15, 0.2) is 72.9 Å². The van der Waals surface area contributed by atoms with E-state index >= 15 is 4.39 Å². The van der Waals surface area contributed by atoms with Crippen LogP contribution in [0, 0.1) is 12.8 Å². The Morgan fingerprint density at radius 2 is 1.78 bits per heavy atom. The smallest absolute Gasteiger partial charge is 0.333 e. The van der Waals surface area contributed by atoms with Crippen LogP contribution in [-0.2, 0) is 37.7 Å². The van der Waals surface area contributed by atoms with E-state index in [1.165, 1.54) is 29.8 Å². The van der Waals surface area contributed by atoms with Gasteiger partial charge >= 0.3 is 20.0 Å². The largest absolute Gasteiger partial charge is 0.352 e. The zero-order valence-corrected chi connectivity index (χ0v) is 32.4. The van der Waals surface area contributed by atoms with Crippen molar-refractivity contribution in [2.24, 2.45) is 5.92 Å². The highest BCUT2D eigenvalue weighted by Gasteiger charge is 2.46. The van der Waals surface area contributed by atoms with Crippen molar-refractivity contribution in [2.45, 2.75) is 107 Å². The molecule has 3 aliphatic heterocycles. The minimum Gasteiger partial charge on any atom is -0.352 e. The van der Waals surface area contributed by atoms with Crippen LogP contribution in [0.5, 0.6) is 0 Å². The van der Waals surface area contributed by atoms with Gasteiger partial charge in [-0.15, -0.1) is 0 Å². The standard InChI is InChI=1S/C35H45FN5O12PS/c1-5-25-26(16-30(50-25)41-17-20(2)32(44)38-35(41)46)52-54(49-18-27-21(3)31(36)33(51-27)40-15-13-29(43)37-34(40)45)53-28(24-12-9-14-39(24)22(4)42)19-55(47,48)23-10-7-6-8-11-23/h6-8,10-11,13,15,17,21,24-28,30-31,33H,5,9,12,14,16,18-19H2,1-4H3,(H,37,43,45)(H,38,44,46)/t21?,24-,25+,26?,27+,28+,30+,31-,33+,54+/m0/s1. The molecule has 0 radical (unpaired) electrons. The summed E-state index contributed by atoms with van der Waals surface area (Å²) in [5.74, 6) is -1.59. The van der Waals surface area contributed by atoms with Crippen molar-refractivity contribution in [1.29, 1.82) is 0 Å². The van der Waals surface area contributed by atoms with Crippen LogP contribution in [-0.4, -0.2) is 93.9 Å². The second kappa shape index (κ2) is 17.1. The number of aromatic amines is 2. The van der Waals surface area contributed by atoms with Crippen LogP contribution in [0.1, 0.15) is 64.5 Å². The summed E-state index contributed by atoms with van der Waals surface area (Å²) >= 11 is 0. The second-order valence-corrected chi connectivity index (χ2v) is 17.1. The van der Waals surface area contributed by atoms with E-state index < -0.39 is 102 Å². The third-order valence-electron chi connectivity index (χ3n) is 10.2. The van der Waals surface area contributed by atoms with Gasteiger partial charge in [-0.25, -0.2) is 22.4 Å². The summed E-state index contributed by atoms with van der Waals surface area (Å²) in [5.41, 5.74) is -2.41. The number of amides is 1. The number of ether oxygens (including phenoxy) is 2. The van der Waals surface area contributed by atoms with Crippen molar-refractivity contribution in [3.8, 4) is 0 Å². The maximum absolute atomic E-state index is 15.7. The van der Waals surface area contributed by atoms with Gasteiger partial charge in [-0.05, 0) is 38.3 Å². The SMILES string of the molecule is CC[C@H]1O[C@@H](n2cc(C)c(=O)[nH]c2=O)CC1O[P@@](OC[C@H]1O[C@@H](n2ccc(=O)[nH]c2=O)[C@@H](F)C1C)O[C@H](CS(=O)(=O)c1ccccc1)[C@@H]1CCCN1C(C)=O. The molecule has 2 N–H and O–H groups in total. The lowest BCUT2D eigenvalue weighted by atomic mass is 10.0. The molecule has 0 spiro atoms. The van der Waals surface area contributed by atoms with Crippen LogP contribution in [0.25, 0.3) is 0 Å². The Morgan fingerprint density at radius 3 is 2.47 bits per heavy atom. The first-order valence-corrected chi connectivity index (χ1v) is 20.8. The van der Waals surface area contributed by atoms with Crippen molar-refractivity contribution in [2.75, 3.05) is 18.9 Å². The predicted octanol–water partition coefficient (Wildman–Crippen LogP) is 2.46. The van der Waals surface area contributed by atoms with E-state index in [4.69, 9.17) is 23.0 Å². The van der Waals surface area contributed by atoms with Crippen molar-refractivity contribution >= 4 is 24.3 Å². The first-order chi connectivity index (χ1) is 26.2. The van der Waals surface area contributed by atoms with Crippen LogP contribution < -0.4 is 22.5 Å². The monoisotopic (exact) mass is 809 g/mol. The molecular weight excluding hydrogens is 764 g/mol. The zero-order chi connectivity index (χ0) is 39.6. The van der Waals surface area contributed by atoms with Crippen molar-refractivity contribution in [3.05, 3.63) is 96.0 Å². The number of nitrogens with one attached hydrogen (secondary N) is 2. The van der Waals surface area contributed by atoms with Gasteiger partial charge in [0, 0.05) is 49.8 Å². The first-order valence-electron chi connectivity index (χ1n) is 18.1. The maximum atomic E-state index is 15.7. The first kappa shape index (κ1) is 40.8. The van der Waals surface area contributed by atoms with Gasteiger partial charge in [-0.2, -0.15) is 0 Å². The molecule has 300 valence electrons. The van der Waals surface area contributed by atoms with Gasteiger partial charge in [0.25, 0.3) is 11.1 Å². The number of carbonyl (C=O) groups is 1. The van der Waals surface area contributed by atoms with E-state index in [9.17, 15) is 32.4 Å². The Morgan fingerprint density at radius 1 is 1.05 bits per heavy atom. The number of rotatable bonds is 14. The number of hydrogen-bond acceptors (Lipinski definition) is 12. The highest BCUT2D eigenvalue weighted by molar-refractivity contribution is 7.91. The lowest BCUT2D eigenvalue weighted by Crippen LogP contribution is -2.45. The van der Waals surface area contributed by atoms with E-state index in [2.05, 4.69) is 9.97 Å². The topological polar surface area (TPSA) is 210 Å². The molecule has 10 atom stereocenters. The van der Waals surface area contributed by atoms with E-state index in [1.54, 1.807) is 36.9 Å². The van der Waals surface area contributed by atoms with Crippen molar-refractivity contribution < 1.29 is 40.6 Å². The summed E-state index contributed by atoms with van der Waals surface area (Å²) in [6.45, 7) is 6.46. The summed E-state index contributed by atoms with van der Waals surface area (Å²) in [4.78, 5) is 67.7. The minimum absolute atomic E-state index is 0.0626. The number of carbonyl (C=O) groups excluding carboxylic acids is 1. The zero-order valence-electron chi connectivity index (χ0n) is 30.7. The number of nitrogens with zero attached hydrogens (tertiary/aromatic N) is 3. The number of alkyl halides is 1. The highest BCUT2D eigenvalue weighted by Crippen LogP contribution is 2.49. The fourth-order valence-corrected chi connectivity index (χ4v) is 10.1. The lowest BCUT2D eigenvalue weighted by Gasteiger charge is -2.33. The molecule has 3 aliphatic rings. The fourth-order valence-electron chi connectivity index (χ4n) is 7.19. The Balaban J connectivity index is 1.30. The molecular formula is C35H45FN5O12PS. The summed E-state index contributed by atoms with van der Waals surface area (Å²) in [7, 11) is -6.47. The van der Waals surface area contributed by atoms with E-state index in [0.29, 0.717) is 31.4 Å². The average molecular weight is 810 g/mol. The summed E-state index contributed by atoms with van der Waals surface area (Å²) < 4.78 is 76.9. The molecule has 0 aliphatic carbocycles. The van der Waals surface area contributed by atoms with Gasteiger partial charge in [0.1, 0.15) is 12.3 Å². The molecule has 5 heterocycles. The molecule has 6 rings (SSSR count). The average Bonchev–Trinajstić information content (AvgIpc) is 3.87. The van der Waals surface area contributed by atoms with Crippen LogP contribution in [0.2, 0.25) is 0 Å². The number of likely N-dealkylation sites (tertiary alicyclic amines) is 1. The Kier molecular flexibility index (Phi) is 12.7. The second-order valence-electron chi connectivity index (χ2n) is 14.0. The normalized spacial score (nSPS) is 28.1. The number of sulfone groups is 1. The molecule has 55 heavy (non-hydrogen) atoms. The quantitative estimate of drug-likeness (QED) is 0.225. The lowest BCUT2D eigenvalue weighted by molar-refractivity contribution is -0.131. The number of H-pyrrole nitrogens is 2. The van der Waals surface area contributed by atoms with Gasteiger partial charge in [0.05, 0.1) is 41.6 Å². The van der Waals surface area contributed by atoms with Crippen LogP contribution in [0.3, 0.4) is 0 Å². The maximum Gasteiger partial charge on any atom is 0.333 e. The molecule has 17 nitrogen and oxygen atoms in total. The number of hydrogen-bond donors (Lipinski definition) is 2. The third-order valence-corrected chi connectivity index (χ3v) is 13.2. The molecule has 3 fully saturated rings. The van der Waals surface area contributed by atoms with E-state index in [0.717, 1.165) is 16.8 Å². The molecule has 3 saturated heterocycles. The minimum atomic E-state index is -3.97. The molecule has 1 aromatic carbocycles.